The molecule has 0 aromatic carbocycles. The summed E-state index contributed by atoms with van der Waals surface area (Å²) in [6.07, 6.45) is 1.89. The van der Waals surface area contributed by atoms with Gasteiger partial charge in [-0.1, -0.05) is 0 Å². The van der Waals surface area contributed by atoms with Gasteiger partial charge in [0.05, 0.1) is 16.5 Å². The number of aryl methyl sites for hydroxylation is 2. The maximum atomic E-state index is 12.3. The highest BCUT2D eigenvalue weighted by Crippen LogP contribution is 2.29. The number of carbonyl (C=O) groups is 2. The first-order valence-electron chi connectivity index (χ1n) is 6.92. The number of fused-ring (bicyclic) bond motifs is 1. The van der Waals surface area contributed by atoms with Gasteiger partial charge < -0.3 is 10.4 Å². The molecule has 2 atom stereocenters. The minimum absolute atomic E-state index is 0.0389. The van der Waals surface area contributed by atoms with Crippen molar-refractivity contribution in [3.63, 3.8) is 0 Å². The number of aliphatic carboxylic acids is 1. The Bertz CT molecular complexity index is 684. The molecule has 2 aromatic heterocycles. The number of carbonyl (C=O) groups excluding carboxylic acids is 1. The second-order valence-electron chi connectivity index (χ2n) is 5.56. The minimum Gasteiger partial charge on any atom is -0.481 e. The largest absolute Gasteiger partial charge is 0.481 e. The van der Waals surface area contributed by atoms with Gasteiger partial charge in [0.25, 0.3) is 5.91 Å². The maximum absolute atomic E-state index is 12.3. The van der Waals surface area contributed by atoms with Crippen molar-refractivity contribution in [1.29, 1.82) is 0 Å². The smallest absolute Gasteiger partial charge is 0.306 e. The zero-order chi connectivity index (χ0) is 15.1. The van der Waals surface area contributed by atoms with E-state index in [2.05, 4.69) is 10.4 Å². The number of carboxylic acids is 1. The van der Waals surface area contributed by atoms with Crippen LogP contribution in [0.5, 0.6) is 0 Å². The Hall–Kier alpha value is -1.89. The summed E-state index contributed by atoms with van der Waals surface area (Å²) in [6.45, 7) is 1.92. The van der Waals surface area contributed by atoms with Crippen molar-refractivity contribution in [2.75, 3.05) is 0 Å². The van der Waals surface area contributed by atoms with Gasteiger partial charge in [-0.05, 0) is 32.3 Å². The summed E-state index contributed by atoms with van der Waals surface area (Å²) in [5.74, 6) is -1.22. The summed E-state index contributed by atoms with van der Waals surface area (Å²) in [6, 6.07) is 1.82. The number of carboxylic acid groups (broad SMARTS) is 1. The summed E-state index contributed by atoms with van der Waals surface area (Å²) in [5, 5.41) is 17.3. The van der Waals surface area contributed by atoms with Gasteiger partial charge >= 0.3 is 5.97 Å². The molecule has 1 aliphatic rings. The van der Waals surface area contributed by atoms with Gasteiger partial charge in [-0.3, -0.25) is 14.3 Å². The van der Waals surface area contributed by atoms with Crippen LogP contribution in [0.2, 0.25) is 0 Å². The molecule has 7 heteroatoms. The van der Waals surface area contributed by atoms with Gasteiger partial charge in [0, 0.05) is 18.5 Å². The van der Waals surface area contributed by atoms with Crippen molar-refractivity contribution in [2.24, 2.45) is 13.0 Å². The Kier molecular flexibility index (Phi) is 3.44. The highest BCUT2D eigenvalue weighted by molar-refractivity contribution is 7.20. The van der Waals surface area contributed by atoms with Crippen molar-refractivity contribution in [3.8, 4) is 0 Å². The topological polar surface area (TPSA) is 84.2 Å². The molecule has 21 heavy (non-hydrogen) atoms. The van der Waals surface area contributed by atoms with E-state index >= 15 is 0 Å². The van der Waals surface area contributed by atoms with Crippen LogP contribution >= 0.6 is 11.3 Å². The first-order chi connectivity index (χ1) is 9.95. The average molecular weight is 307 g/mol. The normalized spacial score (nSPS) is 21.8. The molecule has 0 radical (unpaired) electrons. The molecule has 3 rings (SSSR count). The van der Waals surface area contributed by atoms with Crippen molar-refractivity contribution in [3.05, 3.63) is 16.6 Å². The summed E-state index contributed by atoms with van der Waals surface area (Å²) in [4.78, 5) is 24.9. The standard InChI is InChI=1S/C14H17N3O3S/c1-7-10-6-11(21-13(10)17(2)16-7)12(18)15-9-4-3-8(5-9)14(19)20/h6,8-9H,3-5H2,1-2H3,(H,15,18)(H,19,20)/t8-,9+/m1/s1. The quantitative estimate of drug-likeness (QED) is 0.907. The van der Waals surface area contributed by atoms with Gasteiger partial charge in [0.2, 0.25) is 0 Å². The summed E-state index contributed by atoms with van der Waals surface area (Å²) < 4.78 is 1.78. The fraction of sp³-hybridized carbons (Fsp3) is 0.500. The van der Waals surface area contributed by atoms with Crippen molar-refractivity contribution < 1.29 is 14.7 Å². The third-order valence-electron chi connectivity index (χ3n) is 4.04. The van der Waals surface area contributed by atoms with E-state index in [0.29, 0.717) is 17.7 Å². The van der Waals surface area contributed by atoms with Crippen LogP contribution in [0.3, 0.4) is 0 Å². The van der Waals surface area contributed by atoms with E-state index in [1.165, 1.54) is 11.3 Å². The number of amides is 1. The van der Waals surface area contributed by atoms with Gasteiger partial charge in [0.1, 0.15) is 4.83 Å². The molecule has 1 fully saturated rings. The highest BCUT2D eigenvalue weighted by atomic mass is 32.1. The average Bonchev–Trinajstić information content (AvgIpc) is 3.08. The van der Waals surface area contributed by atoms with Crippen LogP contribution in [0.15, 0.2) is 6.07 Å². The monoisotopic (exact) mass is 307 g/mol. The Labute approximate surface area is 125 Å². The highest BCUT2D eigenvalue weighted by Gasteiger charge is 2.31. The van der Waals surface area contributed by atoms with Crippen LogP contribution in [0.25, 0.3) is 10.2 Å². The van der Waals surface area contributed by atoms with Gasteiger partial charge in [-0.25, -0.2) is 0 Å². The van der Waals surface area contributed by atoms with E-state index in [9.17, 15) is 9.59 Å². The molecular formula is C14H17N3O3S. The van der Waals surface area contributed by atoms with E-state index < -0.39 is 5.97 Å². The Morgan fingerprint density at radius 3 is 2.86 bits per heavy atom. The molecule has 0 unspecified atom stereocenters. The molecule has 2 N–H and O–H groups in total. The molecule has 0 aliphatic heterocycles. The Morgan fingerprint density at radius 2 is 2.24 bits per heavy atom. The third kappa shape index (κ3) is 2.53. The molecule has 1 aliphatic carbocycles. The number of hydrogen-bond acceptors (Lipinski definition) is 4. The van der Waals surface area contributed by atoms with Gasteiger partial charge in [-0.15, -0.1) is 11.3 Å². The molecule has 2 heterocycles. The zero-order valence-corrected chi connectivity index (χ0v) is 12.7. The van der Waals surface area contributed by atoms with Gasteiger partial charge in [0.15, 0.2) is 0 Å². The van der Waals surface area contributed by atoms with Gasteiger partial charge in [-0.2, -0.15) is 5.10 Å². The minimum atomic E-state index is -0.768. The van der Waals surface area contributed by atoms with Crippen molar-refractivity contribution in [2.45, 2.75) is 32.2 Å². The predicted octanol–water partition coefficient (Wildman–Crippen LogP) is 1.93. The number of hydrogen-bond donors (Lipinski definition) is 2. The third-order valence-corrected chi connectivity index (χ3v) is 5.24. The van der Waals surface area contributed by atoms with Crippen LogP contribution in [0.4, 0.5) is 0 Å². The fourth-order valence-electron chi connectivity index (χ4n) is 2.91. The SMILES string of the molecule is Cc1nn(C)c2sc(C(=O)N[C@H]3CC[C@@H](C(=O)O)C3)cc12. The number of rotatable bonds is 3. The maximum Gasteiger partial charge on any atom is 0.306 e. The lowest BCUT2D eigenvalue weighted by atomic mass is 10.1. The van der Waals surface area contributed by atoms with E-state index in [4.69, 9.17) is 5.11 Å². The lowest BCUT2D eigenvalue weighted by molar-refractivity contribution is -0.141. The lowest BCUT2D eigenvalue weighted by Gasteiger charge is -2.11. The molecule has 1 amide bonds. The Morgan fingerprint density at radius 1 is 1.48 bits per heavy atom. The summed E-state index contributed by atoms with van der Waals surface area (Å²) in [5.41, 5.74) is 0.912. The molecule has 0 saturated heterocycles. The predicted molar refractivity (Wildman–Crippen MR) is 79.6 cm³/mol. The fourth-order valence-corrected chi connectivity index (χ4v) is 3.94. The lowest BCUT2D eigenvalue weighted by Crippen LogP contribution is -2.32. The van der Waals surface area contributed by atoms with Crippen LogP contribution in [-0.4, -0.2) is 32.8 Å². The van der Waals surface area contributed by atoms with Crippen LogP contribution < -0.4 is 5.32 Å². The van der Waals surface area contributed by atoms with Crippen molar-refractivity contribution in [1.82, 2.24) is 15.1 Å². The van der Waals surface area contributed by atoms with Crippen molar-refractivity contribution >= 4 is 33.4 Å². The summed E-state index contributed by atoms with van der Waals surface area (Å²) in [7, 11) is 1.86. The molecule has 1 saturated carbocycles. The molecular weight excluding hydrogens is 290 g/mol. The summed E-state index contributed by atoms with van der Waals surface area (Å²) >= 11 is 1.42. The van der Waals surface area contributed by atoms with E-state index in [1.807, 2.05) is 20.0 Å². The number of aromatic nitrogens is 2. The number of thiophene rings is 1. The molecule has 2 aromatic rings. The van der Waals surface area contributed by atoms with E-state index in [-0.39, 0.29) is 17.9 Å². The van der Waals surface area contributed by atoms with Crippen LogP contribution in [0.1, 0.15) is 34.6 Å². The van der Waals surface area contributed by atoms with E-state index in [1.54, 1.807) is 4.68 Å². The second-order valence-corrected chi connectivity index (χ2v) is 6.59. The molecule has 112 valence electrons. The Balaban J connectivity index is 1.73. The molecule has 6 nitrogen and oxygen atoms in total. The zero-order valence-electron chi connectivity index (χ0n) is 11.9. The second kappa shape index (κ2) is 5.14. The molecule has 0 spiro atoms. The van der Waals surface area contributed by atoms with Crippen LogP contribution in [-0.2, 0) is 11.8 Å². The first kappa shape index (κ1) is 14.1. The number of nitrogens with one attached hydrogen (secondary N) is 1. The van der Waals surface area contributed by atoms with Crippen LogP contribution in [0, 0.1) is 12.8 Å². The first-order valence-corrected chi connectivity index (χ1v) is 7.74. The number of nitrogens with zero attached hydrogens (tertiary/aromatic N) is 2. The molecule has 0 bridgehead atoms. The van der Waals surface area contributed by atoms with E-state index in [0.717, 1.165) is 22.3 Å².